The lowest BCUT2D eigenvalue weighted by atomic mass is 10.2. The highest BCUT2D eigenvalue weighted by atomic mass is 32.2. The van der Waals surface area contributed by atoms with Gasteiger partial charge in [0.2, 0.25) is 11.8 Å². The fourth-order valence-electron chi connectivity index (χ4n) is 2.06. The Kier molecular flexibility index (Phi) is 3.68. The summed E-state index contributed by atoms with van der Waals surface area (Å²) in [6, 6.07) is 7.71. The number of amides is 3. The summed E-state index contributed by atoms with van der Waals surface area (Å²) in [6.45, 7) is 0. The van der Waals surface area contributed by atoms with Gasteiger partial charge in [0.25, 0.3) is 5.24 Å². The SMILES string of the molecule is O=C(CC1SC(=O)NC1=O)Nc1ccc2oc(=O)ccc2c1. The van der Waals surface area contributed by atoms with Gasteiger partial charge < -0.3 is 9.73 Å². The summed E-state index contributed by atoms with van der Waals surface area (Å²) < 4.78 is 4.99. The maximum Gasteiger partial charge on any atom is 0.336 e. The minimum atomic E-state index is -0.703. The van der Waals surface area contributed by atoms with Gasteiger partial charge in [-0.25, -0.2) is 4.79 Å². The Morgan fingerprint density at radius 1 is 1.23 bits per heavy atom. The summed E-state index contributed by atoms with van der Waals surface area (Å²) in [5.41, 5.74) is 0.487. The highest BCUT2D eigenvalue weighted by Crippen LogP contribution is 2.23. The van der Waals surface area contributed by atoms with Crippen LogP contribution < -0.4 is 16.3 Å². The van der Waals surface area contributed by atoms with Gasteiger partial charge in [-0.1, -0.05) is 11.8 Å². The Hall–Kier alpha value is -2.61. The molecule has 8 heteroatoms. The minimum absolute atomic E-state index is 0.0931. The van der Waals surface area contributed by atoms with Gasteiger partial charge >= 0.3 is 5.63 Å². The van der Waals surface area contributed by atoms with E-state index in [4.69, 9.17) is 4.42 Å². The molecule has 1 aliphatic heterocycles. The van der Waals surface area contributed by atoms with Crippen LogP contribution in [0.1, 0.15) is 6.42 Å². The number of carbonyl (C=O) groups is 3. The Bertz CT molecular complexity index is 844. The molecule has 0 saturated carbocycles. The molecule has 2 aromatic rings. The normalized spacial score (nSPS) is 17.5. The van der Waals surface area contributed by atoms with E-state index in [9.17, 15) is 19.2 Å². The van der Waals surface area contributed by atoms with E-state index < -0.39 is 22.0 Å². The topological polar surface area (TPSA) is 105 Å². The van der Waals surface area contributed by atoms with Crippen LogP contribution in [0, 0.1) is 0 Å². The van der Waals surface area contributed by atoms with Crippen molar-refractivity contribution in [3.63, 3.8) is 0 Å². The third-order valence-electron chi connectivity index (χ3n) is 3.04. The number of benzene rings is 1. The largest absolute Gasteiger partial charge is 0.423 e. The van der Waals surface area contributed by atoms with Gasteiger partial charge in [0.05, 0.1) is 0 Å². The van der Waals surface area contributed by atoms with Crippen LogP contribution in [-0.4, -0.2) is 22.3 Å². The molecule has 3 amide bonds. The number of rotatable bonds is 3. The second-order valence-corrected chi connectivity index (χ2v) is 5.82. The average molecular weight is 318 g/mol. The molecule has 0 bridgehead atoms. The summed E-state index contributed by atoms with van der Waals surface area (Å²) in [7, 11) is 0. The van der Waals surface area contributed by atoms with Crippen LogP contribution in [0.4, 0.5) is 10.5 Å². The van der Waals surface area contributed by atoms with E-state index in [1.54, 1.807) is 24.3 Å². The summed E-state index contributed by atoms with van der Waals surface area (Å²) in [4.78, 5) is 45.5. The molecule has 1 unspecified atom stereocenters. The van der Waals surface area contributed by atoms with Crippen LogP contribution >= 0.6 is 11.8 Å². The number of thioether (sulfide) groups is 1. The van der Waals surface area contributed by atoms with Gasteiger partial charge in [-0.2, -0.15) is 0 Å². The zero-order valence-electron chi connectivity index (χ0n) is 11.1. The second kappa shape index (κ2) is 5.64. The van der Waals surface area contributed by atoms with Gasteiger partial charge in [0.15, 0.2) is 0 Å². The van der Waals surface area contributed by atoms with E-state index in [0.717, 1.165) is 11.8 Å². The first-order chi connectivity index (χ1) is 10.5. The van der Waals surface area contributed by atoms with Crippen LogP contribution in [0.2, 0.25) is 0 Å². The molecule has 2 heterocycles. The van der Waals surface area contributed by atoms with Crippen molar-refractivity contribution in [3.05, 3.63) is 40.8 Å². The Morgan fingerprint density at radius 3 is 2.77 bits per heavy atom. The average Bonchev–Trinajstić information content (AvgIpc) is 2.77. The molecule has 0 radical (unpaired) electrons. The van der Waals surface area contributed by atoms with Gasteiger partial charge in [0, 0.05) is 23.6 Å². The van der Waals surface area contributed by atoms with Crippen LogP contribution in [0.5, 0.6) is 0 Å². The van der Waals surface area contributed by atoms with Gasteiger partial charge in [-0.05, 0) is 24.3 Å². The van der Waals surface area contributed by atoms with E-state index >= 15 is 0 Å². The van der Waals surface area contributed by atoms with E-state index in [2.05, 4.69) is 10.6 Å². The van der Waals surface area contributed by atoms with E-state index in [0.29, 0.717) is 16.7 Å². The molecule has 1 aliphatic rings. The number of hydrogen-bond donors (Lipinski definition) is 2. The smallest absolute Gasteiger partial charge is 0.336 e. The van der Waals surface area contributed by atoms with Crippen LogP contribution in [0.3, 0.4) is 0 Å². The number of anilines is 1. The number of fused-ring (bicyclic) bond motifs is 1. The molecular weight excluding hydrogens is 308 g/mol. The number of imide groups is 1. The standard InChI is InChI=1S/C14H10N2O5S/c17-11(6-10-13(19)16-14(20)22-10)15-8-2-3-9-7(5-8)1-4-12(18)21-9/h1-5,10H,6H2,(H,15,17)(H,16,19,20). The monoisotopic (exact) mass is 318 g/mol. The molecule has 7 nitrogen and oxygen atoms in total. The van der Waals surface area contributed by atoms with Crippen molar-refractivity contribution in [3.8, 4) is 0 Å². The Morgan fingerprint density at radius 2 is 2.05 bits per heavy atom. The zero-order chi connectivity index (χ0) is 15.7. The van der Waals surface area contributed by atoms with E-state index in [-0.39, 0.29) is 12.3 Å². The summed E-state index contributed by atoms with van der Waals surface area (Å²) in [6.07, 6.45) is -0.0931. The molecule has 1 aromatic carbocycles. The van der Waals surface area contributed by atoms with Crippen LogP contribution in [0.15, 0.2) is 39.5 Å². The third-order valence-corrected chi connectivity index (χ3v) is 4.02. The molecule has 1 atom stereocenters. The zero-order valence-corrected chi connectivity index (χ0v) is 11.9. The van der Waals surface area contributed by atoms with Crippen LogP contribution in [-0.2, 0) is 9.59 Å². The molecule has 0 aliphatic carbocycles. The van der Waals surface area contributed by atoms with Crippen LogP contribution in [0.25, 0.3) is 11.0 Å². The lowest BCUT2D eigenvalue weighted by molar-refractivity contribution is -0.122. The molecular formula is C14H10N2O5S. The molecule has 3 rings (SSSR count). The van der Waals surface area contributed by atoms with Crippen molar-refractivity contribution in [2.75, 3.05) is 5.32 Å². The quantitative estimate of drug-likeness (QED) is 0.830. The van der Waals surface area contributed by atoms with E-state index in [1.807, 2.05) is 0 Å². The Labute approximate surface area is 128 Å². The second-order valence-electron chi connectivity index (χ2n) is 4.64. The lowest BCUT2D eigenvalue weighted by Crippen LogP contribution is -2.27. The predicted molar refractivity (Wildman–Crippen MR) is 80.6 cm³/mol. The lowest BCUT2D eigenvalue weighted by Gasteiger charge is -2.07. The maximum absolute atomic E-state index is 11.9. The van der Waals surface area contributed by atoms with Crippen molar-refractivity contribution in [1.82, 2.24) is 5.32 Å². The molecule has 1 saturated heterocycles. The highest BCUT2D eigenvalue weighted by molar-refractivity contribution is 8.15. The van der Waals surface area contributed by atoms with Gasteiger partial charge in [0.1, 0.15) is 10.8 Å². The molecule has 22 heavy (non-hydrogen) atoms. The highest BCUT2D eigenvalue weighted by Gasteiger charge is 2.33. The Balaban J connectivity index is 1.71. The van der Waals surface area contributed by atoms with Gasteiger partial charge in [-0.3, -0.25) is 19.7 Å². The first kappa shape index (κ1) is 14.3. The van der Waals surface area contributed by atoms with Crippen molar-refractivity contribution >= 4 is 45.5 Å². The van der Waals surface area contributed by atoms with Gasteiger partial charge in [-0.15, -0.1) is 0 Å². The fraction of sp³-hybridized carbons (Fsp3) is 0.143. The number of carbonyl (C=O) groups excluding carboxylic acids is 3. The van der Waals surface area contributed by atoms with E-state index in [1.165, 1.54) is 6.07 Å². The van der Waals surface area contributed by atoms with Crippen molar-refractivity contribution in [2.45, 2.75) is 11.7 Å². The van der Waals surface area contributed by atoms with Crippen molar-refractivity contribution < 1.29 is 18.8 Å². The van der Waals surface area contributed by atoms with Crippen molar-refractivity contribution in [1.29, 1.82) is 0 Å². The maximum atomic E-state index is 11.9. The number of hydrogen-bond acceptors (Lipinski definition) is 6. The molecule has 0 spiro atoms. The predicted octanol–water partition coefficient (Wildman–Crippen LogP) is 1.47. The molecule has 1 fully saturated rings. The van der Waals surface area contributed by atoms with Crippen molar-refractivity contribution in [2.24, 2.45) is 0 Å². The third kappa shape index (κ3) is 3.01. The fourth-order valence-corrected chi connectivity index (χ4v) is 2.88. The summed E-state index contributed by atoms with van der Waals surface area (Å²) in [5, 5.41) is 4.30. The number of nitrogens with one attached hydrogen (secondary N) is 2. The summed E-state index contributed by atoms with van der Waals surface area (Å²) >= 11 is 0.807. The molecule has 1 aromatic heterocycles. The summed E-state index contributed by atoms with van der Waals surface area (Å²) in [5.74, 6) is -0.829. The first-order valence-electron chi connectivity index (χ1n) is 6.36. The first-order valence-corrected chi connectivity index (χ1v) is 7.24. The molecule has 112 valence electrons. The minimum Gasteiger partial charge on any atom is -0.423 e. The molecule has 2 N–H and O–H groups in total.